The predicted octanol–water partition coefficient (Wildman–Crippen LogP) is 4.07. The van der Waals surface area contributed by atoms with Gasteiger partial charge in [0, 0.05) is 11.7 Å². The van der Waals surface area contributed by atoms with E-state index in [4.69, 9.17) is 4.74 Å². The van der Waals surface area contributed by atoms with Gasteiger partial charge in [-0.3, -0.25) is 4.79 Å². The molecule has 0 spiro atoms. The fraction of sp³-hybridized carbons (Fsp3) is 0.409. The molecule has 6 nitrogen and oxygen atoms in total. The second-order valence-electron chi connectivity index (χ2n) is 7.68. The molecule has 3 rings (SSSR count). The van der Waals surface area contributed by atoms with E-state index in [1.54, 1.807) is 26.0 Å². The van der Waals surface area contributed by atoms with Crippen molar-refractivity contribution in [1.82, 2.24) is 4.72 Å². The zero-order valence-corrected chi connectivity index (χ0v) is 18.0. The minimum absolute atomic E-state index is 0.0186. The topological polar surface area (TPSA) is 84.5 Å². The van der Waals surface area contributed by atoms with E-state index in [-0.39, 0.29) is 17.5 Å². The number of carbonyl (C=O) groups is 1. The summed E-state index contributed by atoms with van der Waals surface area (Å²) in [6.07, 6.45) is 4.95. The molecular formula is C22H27FN2O4S. The Morgan fingerprint density at radius 2 is 1.80 bits per heavy atom. The molecule has 8 heteroatoms. The number of sulfonamides is 1. The smallest absolute Gasteiger partial charge is 0.262 e. The monoisotopic (exact) mass is 434 g/mol. The standard InChI is InChI=1S/C22H27FN2O4S/c1-15-8-9-17(23)13-20(15)24-22(26)14-29-21-11-10-19(12-16(21)2)30(27,28)25-18-6-4-3-5-7-18/h8-13,18,25H,3-7,14H2,1-2H3,(H,24,26). The van der Waals surface area contributed by atoms with Crippen LogP contribution >= 0.6 is 0 Å². The Morgan fingerprint density at radius 1 is 1.07 bits per heavy atom. The van der Waals surface area contributed by atoms with Gasteiger partial charge in [-0.25, -0.2) is 17.5 Å². The van der Waals surface area contributed by atoms with Crippen molar-refractivity contribution in [3.05, 3.63) is 53.3 Å². The van der Waals surface area contributed by atoms with Crippen LogP contribution < -0.4 is 14.8 Å². The van der Waals surface area contributed by atoms with E-state index in [1.807, 2.05) is 0 Å². The fourth-order valence-electron chi connectivity index (χ4n) is 3.52. The number of hydrogen-bond acceptors (Lipinski definition) is 4. The Bertz CT molecular complexity index is 1020. The third kappa shape index (κ3) is 5.79. The molecule has 0 unspecified atom stereocenters. The van der Waals surface area contributed by atoms with Gasteiger partial charge in [-0.2, -0.15) is 0 Å². The normalized spacial score (nSPS) is 15.0. The average molecular weight is 435 g/mol. The summed E-state index contributed by atoms with van der Waals surface area (Å²) in [5.41, 5.74) is 1.73. The van der Waals surface area contributed by atoms with Crippen molar-refractivity contribution in [1.29, 1.82) is 0 Å². The third-order valence-corrected chi connectivity index (χ3v) is 6.73. The first-order valence-corrected chi connectivity index (χ1v) is 11.5. The van der Waals surface area contributed by atoms with Crippen LogP contribution in [0.3, 0.4) is 0 Å². The number of halogens is 1. The highest BCUT2D eigenvalue weighted by Gasteiger charge is 2.22. The summed E-state index contributed by atoms with van der Waals surface area (Å²) in [4.78, 5) is 12.3. The van der Waals surface area contributed by atoms with Crippen molar-refractivity contribution in [2.75, 3.05) is 11.9 Å². The van der Waals surface area contributed by atoms with Crippen LogP contribution in [0.15, 0.2) is 41.3 Å². The molecule has 1 saturated carbocycles. The van der Waals surface area contributed by atoms with Gasteiger partial charge in [0.25, 0.3) is 5.91 Å². The van der Waals surface area contributed by atoms with Crippen LogP contribution in [0.5, 0.6) is 5.75 Å². The molecule has 2 aromatic carbocycles. The zero-order chi connectivity index (χ0) is 21.7. The van der Waals surface area contributed by atoms with E-state index in [1.165, 1.54) is 24.3 Å². The highest BCUT2D eigenvalue weighted by Crippen LogP contribution is 2.24. The fourth-order valence-corrected chi connectivity index (χ4v) is 4.91. The van der Waals surface area contributed by atoms with Gasteiger partial charge in [0.15, 0.2) is 6.61 Å². The maximum absolute atomic E-state index is 13.3. The third-order valence-electron chi connectivity index (χ3n) is 5.22. The van der Waals surface area contributed by atoms with Crippen molar-refractivity contribution in [2.45, 2.75) is 56.9 Å². The van der Waals surface area contributed by atoms with Crippen molar-refractivity contribution in [3.8, 4) is 5.75 Å². The molecule has 1 fully saturated rings. The molecule has 0 aliphatic heterocycles. The maximum atomic E-state index is 13.3. The summed E-state index contributed by atoms with van der Waals surface area (Å²) in [7, 11) is -3.60. The number of ether oxygens (including phenoxy) is 1. The van der Waals surface area contributed by atoms with Crippen LogP contribution in [0.25, 0.3) is 0 Å². The van der Waals surface area contributed by atoms with Gasteiger partial charge in [-0.05, 0) is 68.1 Å². The Kier molecular flexibility index (Phi) is 7.10. The lowest BCUT2D eigenvalue weighted by atomic mass is 9.96. The minimum Gasteiger partial charge on any atom is -0.483 e. The quantitative estimate of drug-likeness (QED) is 0.688. The van der Waals surface area contributed by atoms with E-state index in [9.17, 15) is 17.6 Å². The molecule has 0 bridgehead atoms. The molecule has 1 aliphatic rings. The van der Waals surface area contributed by atoms with Crippen LogP contribution in [0.4, 0.5) is 10.1 Å². The average Bonchev–Trinajstić information content (AvgIpc) is 2.70. The summed E-state index contributed by atoms with van der Waals surface area (Å²) >= 11 is 0. The first-order chi connectivity index (χ1) is 14.2. The Balaban J connectivity index is 1.61. The van der Waals surface area contributed by atoms with E-state index in [0.717, 1.165) is 37.7 Å². The maximum Gasteiger partial charge on any atom is 0.262 e. The number of rotatable bonds is 7. The van der Waals surface area contributed by atoms with Crippen molar-refractivity contribution in [3.63, 3.8) is 0 Å². The SMILES string of the molecule is Cc1ccc(F)cc1NC(=O)COc1ccc(S(=O)(=O)NC2CCCCC2)cc1C. The van der Waals surface area contributed by atoms with Gasteiger partial charge >= 0.3 is 0 Å². The van der Waals surface area contributed by atoms with Crippen LogP contribution in [-0.2, 0) is 14.8 Å². The first kappa shape index (κ1) is 22.2. The Labute approximate surface area is 176 Å². The lowest BCUT2D eigenvalue weighted by Gasteiger charge is -2.22. The van der Waals surface area contributed by atoms with Crippen LogP contribution in [0.2, 0.25) is 0 Å². The molecule has 1 amide bonds. The molecule has 2 aromatic rings. The number of anilines is 1. The molecule has 0 radical (unpaired) electrons. The van der Waals surface area contributed by atoms with Gasteiger partial charge in [0.05, 0.1) is 4.90 Å². The van der Waals surface area contributed by atoms with Crippen LogP contribution in [0.1, 0.15) is 43.2 Å². The van der Waals surface area contributed by atoms with Crippen molar-refractivity contribution in [2.24, 2.45) is 0 Å². The number of nitrogens with one attached hydrogen (secondary N) is 2. The van der Waals surface area contributed by atoms with Gasteiger partial charge < -0.3 is 10.1 Å². The molecule has 0 saturated heterocycles. The molecule has 2 N–H and O–H groups in total. The van der Waals surface area contributed by atoms with Crippen LogP contribution in [0, 0.1) is 19.7 Å². The second-order valence-corrected chi connectivity index (χ2v) is 9.39. The summed E-state index contributed by atoms with van der Waals surface area (Å²) in [6, 6.07) is 8.69. The Morgan fingerprint density at radius 3 is 2.50 bits per heavy atom. The summed E-state index contributed by atoms with van der Waals surface area (Å²) in [5, 5.41) is 2.61. The highest BCUT2D eigenvalue weighted by atomic mass is 32.2. The summed E-state index contributed by atoms with van der Waals surface area (Å²) in [6.45, 7) is 3.22. The molecule has 0 aromatic heterocycles. The molecule has 0 heterocycles. The number of amides is 1. The number of benzene rings is 2. The highest BCUT2D eigenvalue weighted by molar-refractivity contribution is 7.89. The van der Waals surface area contributed by atoms with Gasteiger partial charge in [-0.1, -0.05) is 25.3 Å². The lowest BCUT2D eigenvalue weighted by Crippen LogP contribution is -2.36. The second kappa shape index (κ2) is 9.57. The summed E-state index contributed by atoms with van der Waals surface area (Å²) in [5.74, 6) is -0.456. The number of hydrogen-bond donors (Lipinski definition) is 2. The first-order valence-electron chi connectivity index (χ1n) is 10.1. The minimum atomic E-state index is -3.60. The molecular weight excluding hydrogens is 407 g/mol. The van der Waals surface area contributed by atoms with E-state index in [2.05, 4.69) is 10.0 Å². The van der Waals surface area contributed by atoms with Crippen LogP contribution in [-0.4, -0.2) is 27.0 Å². The predicted molar refractivity (Wildman–Crippen MR) is 114 cm³/mol. The Hall–Kier alpha value is -2.45. The van der Waals surface area contributed by atoms with Gasteiger partial charge in [-0.15, -0.1) is 0 Å². The number of carbonyl (C=O) groups excluding carboxylic acids is 1. The summed E-state index contributed by atoms with van der Waals surface area (Å²) < 4.78 is 47.0. The number of aryl methyl sites for hydroxylation is 2. The van der Waals surface area contributed by atoms with E-state index in [0.29, 0.717) is 17.0 Å². The molecule has 1 aliphatic carbocycles. The zero-order valence-electron chi connectivity index (χ0n) is 17.2. The van der Waals surface area contributed by atoms with Gasteiger partial charge in [0.1, 0.15) is 11.6 Å². The van der Waals surface area contributed by atoms with Crippen molar-refractivity contribution >= 4 is 21.6 Å². The van der Waals surface area contributed by atoms with Crippen molar-refractivity contribution < 1.29 is 22.3 Å². The van der Waals surface area contributed by atoms with Gasteiger partial charge in [0.2, 0.25) is 10.0 Å². The molecule has 30 heavy (non-hydrogen) atoms. The van der Waals surface area contributed by atoms with E-state index < -0.39 is 21.7 Å². The lowest BCUT2D eigenvalue weighted by molar-refractivity contribution is -0.118. The largest absolute Gasteiger partial charge is 0.483 e. The molecule has 0 atom stereocenters. The molecule has 162 valence electrons. The van der Waals surface area contributed by atoms with E-state index >= 15 is 0 Å².